The zero-order valence-corrected chi connectivity index (χ0v) is 11.7. The topological polar surface area (TPSA) is 78.6 Å². The van der Waals surface area contributed by atoms with Crippen molar-refractivity contribution in [1.29, 1.82) is 0 Å². The zero-order valence-electron chi connectivity index (χ0n) is 11.7. The van der Waals surface area contributed by atoms with E-state index in [2.05, 4.69) is 5.32 Å². The Balaban J connectivity index is 1.89. The molecule has 1 amide bonds. The predicted molar refractivity (Wildman–Crippen MR) is 84.2 cm³/mol. The predicted octanol–water partition coefficient (Wildman–Crippen LogP) is 2.86. The highest BCUT2D eigenvalue weighted by molar-refractivity contribution is 5.66. The molecule has 0 heterocycles. The van der Waals surface area contributed by atoms with E-state index in [4.69, 9.17) is 5.73 Å². The van der Waals surface area contributed by atoms with Gasteiger partial charge in [0.2, 0.25) is 0 Å². The van der Waals surface area contributed by atoms with Gasteiger partial charge in [-0.1, -0.05) is 42.5 Å². The second kappa shape index (κ2) is 7.19. The highest BCUT2D eigenvalue weighted by Crippen LogP contribution is 2.16. The lowest BCUT2D eigenvalue weighted by molar-refractivity contribution is 0.144. The molecular weight excluding hydrogens is 266 g/mol. The van der Waals surface area contributed by atoms with Crippen LogP contribution in [0.1, 0.15) is 5.56 Å². The van der Waals surface area contributed by atoms with Crippen LogP contribution in [-0.2, 0) is 6.54 Å². The van der Waals surface area contributed by atoms with Crippen LogP contribution >= 0.6 is 0 Å². The number of benzene rings is 2. The maximum Gasteiger partial charge on any atom is 0.407 e. The van der Waals surface area contributed by atoms with Gasteiger partial charge in [0.15, 0.2) is 0 Å². The Labute approximate surface area is 124 Å². The molecule has 0 saturated carbocycles. The van der Waals surface area contributed by atoms with E-state index in [1.807, 2.05) is 48.5 Å². The molecule has 0 aromatic heterocycles. The normalized spacial score (nSPS) is 10.1. The first-order chi connectivity index (χ1) is 10.2. The molecule has 110 valence electrons. The van der Waals surface area contributed by atoms with E-state index >= 15 is 0 Å². The number of nitrogens with zero attached hydrogens (tertiary/aromatic N) is 1. The van der Waals surface area contributed by atoms with Crippen molar-refractivity contribution in [2.45, 2.75) is 6.54 Å². The average Bonchev–Trinajstić information content (AvgIpc) is 2.49. The number of nitrogens with two attached hydrogens (primary N) is 1. The minimum absolute atomic E-state index is 0.377. The first-order valence-corrected chi connectivity index (χ1v) is 6.77. The molecule has 2 rings (SSSR count). The second-order valence-corrected chi connectivity index (χ2v) is 4.70. The second-order valence-electron chi connectivity index (χ2n) is 4.70. The molecule has 2 aromatic carbocycles. The van der Waals surface area contributed by atoms with Gasteiger partial charge in [0.05, 0.1) is 11.4 Å². The minimum atomic E-state index is -0.929. The number of hydrogen-bond acceptors (Lipinski definition) is 3. The summed E-state index contributed by atoms with van der Waals surface area (Å²) >= 11 is 0. The van der Waals surface area contributed by atoms with Crippen molar-refractivity contribution in [3.8, 4) is 0 Å². The largest absolute Gasteiger partial charge is 0.465 e. The van der Waals surface area contributed by atoms with Crippen LogP contribution in [-0.4, -0.2) is 29.2 Å². The van der Waals surface area contributed by atoms with Crippen molar-refractivity contribution in [3.63, 3.8) is 0 Å². The summed E-state index contributed by atoms with van der Waals surface area (Å²) in [5, 5.41) is 12.4. The Morgan fingerprint density at radius 2 is 1.76 bits per heavy atom. The molecule has 21 heavy (non-hydrogen) atoms. The molecule has 0 aliphatic rings. The van der Waals surface area contributed by atoms with Crippen molar-refractivity contribution in [1.82, 2.24) is 4.90 Å². The molecule has 0 fully saturated rings. The van der Waals surface area contributed by atoms with Gasteiger partial charge in [-0.15, -0.1) is 0 Å². The SMILES string of the molecule is Nc1ccccc1NCCN(Cc1ccccc1)C(=O)O. The third-order valence-electron chi connectivity index (χ3n) is 3.14. The first kappa shape index (κ1) is 14.7. The number of para-hydroxylation sites is 2. The molecule has 0 spiro atoms. The Bertz CT molecular complexity index is 587. The number of hydrogen-bond donors (Lipinski definition) is 3. The zero-order chi connectivity index (χ0) is 15.1. The third kappa shape index (κ3) is 4.42. The standard InChI is InChI=1S/C16H19N3O2/c17-14-8-4-5-9-15(14)18-10-11-19(16(20)21)12-13-6-2-1-3-7-13/h1-9,18H,10-12,17H2,(H,20,21). The van der Waals surface area contributed by atoms with Crippen molar-refractivity contribution in [3.05, 3.63) is 60.2 Å². The minimum Gasteiger partial charge on any atom is -0.465 e. The molecule has 2 aromatic rings. The summed E-state index contributed by atoms with van der Waals surface area (Å²) in [6.07, 6.45) is -0.929. The Morgan fingerprint density at radius 3 is 2.43 bits per heavy atom. The van der Waals surface area contributed by atoms with E-state index in [0.717, 1.165) is 11.3 Å². The van der Waals surface area contributed by atoms with Gasteiger partial charge in [0, 0.05) is 19.6 Å². The molecular formula is C16H19N3O2. The van der Waals surface area contributed by atoms with Gasteiger partial charge < -0.3 is 21.1 Å². The monoisotopic (exact) mass is 285 g/mol. The van der Waals surface area contributed by atoms with Crippen LogP contribution < -0.4 is 11.1 Å². The van der Waals surface area contributed by atoms with Gasteiger partial charge in [-0.05, 0) is 17.7 Å². The van der Waals surface area contributed by atoms with E-state index in [1.165, 1.54) is 4.90 Å². The van der Waals surface area contributed by atoms with Crippen LogP contribution in [0.3, 0.4) is 0 Å². The quantitative estimate of drug-likeness (QED) is 0.713. The smallest absolute Gasteiger partial charge is 0.407 e. The molecule has 4 N–H and O–H groups in total. The van der Waals surface area contributed by atoms with Crippen LogP contribution in [0, 0.1) is 0 Å². The number of anilines is 2. The van der Waals surface area contributed by atoms with Crippen LogP contribution in [0.4, 0.5) is 16.2 Å². The summed E-state index contributed by atoms with van der Waals surface area (Å²) in [5.41, 5.74) is 8.28. The van der Waals surface area contributed by atoms with E-state index in [0.29, 0.717) is 25.3 Å². The molecule has 0 aliphatic carbocycles. The lowest BCUT2D eigenvalue weighted by atomic mass is 10.2. The Morgan fingerprint density at radius 1 is 1.10 bits per heavy atom. The van der Waals surface area contributed by atoms with E-state index in [1.54, 1.807) is 6.07 Å². The fraction of sp³-hybridized carbons (Fsp3) is 0.188. The number of nitrogens with one attached hydrogen (secondary N) is 1. The summed E-state index contributed by atoms with van der Waals surface area (Å²) in [4.78, 5) is 12.7. The number of carboxylic acid groups (broad SMARTS) is 1. The highest BCUT2D eigenvalue weighted by Gasteiger charge is 2.11. The third-order valence-corrected chi connectivity index (χ3v) is 3.14. The van der Waals surface area contributed by atoms with Crippen LogP contribution in [0.15, 0.2) is 54.6 Å². The van der Waals surface area contributed by atoms with Gasteiger partial charge >= 0.3 is 6.09 Å². The summed E-state index contributed by atoms with van der Waals surface area (Å²) in [7, 11) is 0. The number of rotatable bonds is 6. The van der Waals surface area contributed by atoms with Gasteiger partial charge in [0.25, 0.3) is 0 Å². The summed E-state index contributed by atoms with van der Waals surface area (Å²) in [5.74, 6) is 0. The molecule has 0 unspecified atom stereocenters. The van der Waals surface area contributed by atoms with Crippen molar-refractivity contribution in [2.24, 2.45) is 0 Å². The maximum absolute atomic E-state index is 11.3. The van der Waals surface area contributed by atoms with Gasteiger partial charge in [-0.25, -0.2) is 4.79 Å². The molecule has 0 saturated heterocycles. The maximum atomic E-state index is 11.3. The lowest BCUT2D eigenvalue weighted by Gasteiger charge is -2.20. The van der Waals surface area contributed by atoms with Crippen molar-refractivity contribution >= 4 is 17.5 Å². The van der Waals surface area contributed by atoms with Crippen LogP contribution in [0.5, 0.6) is 0 Å². The fourth-order valence-electron chi connectivity index (χ4n) is 2.03. The van der Waals surface area contributed by atoms with E-state index < -0.39 is 6.09 Å². The van der Waals surface area contributed by atoms with Crippen LogP contribution in [0.25, 0.3) is 0 Å². The summed E-state index contributed by atoms with van der Waals surface area (Å²) in [6, 6.07) is 17.0. The molecule has 0 radical (unpaired) electrons. The Hall–Kier alpha value is -2.69. The average molecular weight is 285 g/mol. The molecule has 5 heteroatoms. The molecule has 0 bridgehead atoms. The van der Waals surface area contributed by atoms with Gasteiger partial charge in [0.1, 0.15) is 0 Å². The lowest BCUT2D eigenvalue weighted by Crippen LogP contribution is -2.33. The van der Waals surface area contributed by atoms with Gasteiger partial charge in [-0.3, -0.25) is 0 Å². The fourth-order valence-corrected chi connectivity index (χ4v) is 2.03. The van der Waals surface area contributed by atoms with Crippen molar-refractivity contribution in [2.75, 3.05) is 24.1 Å². The number of carbonyl (C=O) groups is 1. The molecule has 5 nitrogen and oxygen atoms in total. The molecule has 0 atom stereocenters. The highest BCUT2D eigenvalue weighted by atomic mass is 16.4. The van der Waals surface area contributed by atoms with E-state index in [9.17, 15) is 9.90 Å². The van der Waals surface area contributed by atoms with Crippen molar-refractivity contribution < 1.29 is 9.90 Å². The Kier molecular flexibility index (Phi) is 5.04. The van der Waals surface area contributed by atoms with Gasteiger partial charge in [-0.2, -0.15) is 0 Å². The van der Waals surface area contributed by atoms with E-state index in [-0.39, 0.29) is 0 Å². The van der Waals surface area contributed by atoms with Crippen LogP contribution in [0.2, 0.25) is 0 Å². The number of amides is 1. The summed E-state index contributed by atoms with van der Waals surface area (Å²) < 4.78 is 0. The molecule has 0 aliphatic heterocycles. The summed E-state index contributed by atoms with van der Waals surface area (Å²) in [6.45, 7) is 1.27. The first-order valence-electron chi connectivity index (χ1n) is 6.77. The number of nitrogen functional groups attached to an aromatic ring is 1.